The van der Waals surface area contributed by atoms with Crippen molar-refractivity contribution in [3.05, 3.63) is 58.6 Å². The first-order valence-corrected chi connectivity index (χ1v) is 9.31. The van der Waals surface area contributed by atoms with Crippen molar-refractivity contribution < 1.29 is 19.0 Å². The molecule has 1 fully saturated rings. The molecule has 0 heterocycles. The summed E-state index contributed by atoms with van der Waals surface area (Å²) in [7, 11) is 3.23. The van der Waals surface area contributed by atoms with Gasteiger partial charge in [-0.05, 0) is 54.7 Å². The lowest BCUT2D eigenvalue weighted by Gasteiger charge is -2.16. The first-order valence-electron chi connectivity index (χ1n) is 8.93. The van der Waals surface area contributed by atoms with Crippen molar-refractivity contribution in [2.24, 2.45) is 0 Å². The van der Waals surface area contributed by atoms with E-state index in [0.717, 1.165) is 29.9 Å². The van der Waals surface area contributed by atoms with Crippen LogP contribution in [0, 0.1) is 0 Å². The number of hydrogen-bond acceptors (Lipinski definition) is 4. The van der Waals surface area contributed by atoms with Crippen molar-refractivity contribution in [2.45, 2.75) is 24.7 Å². The number of methoxy groups -OCH3 is 2. The molecule has 0 bridgehead atoms. The minimum absolute atomic E-state index is 0.0535. The zero-order chi connectivity index (χ0) is 19.3. The van der Waals surface area contributed by atoms with Gasteiger partial charge in [0.25, 0.3) is 0 Å². The number of rotatable bonds is 8. The summed E-state index contributed by atoms with van der Waals surface area (Å²) in [5.74, 6) is 1.45. The molecule has 6 heteroatoms. The van der Waals surface area contributed by atoms with Crippen LogP contribution in [0.3, 0.4) is 0 Å². The fourth-order valence-electron chi connectivity index (χ4n) is 3.05. The molecular formula is C21H24ClNO4. The number of nitrogens with one attached hydrogen (secondary N) is 1. The van der Waals surface area contributed by atoms with E-state index in [4.69, 9.17) is 25.8 Å². The van der Waals surface area contributed by atoms with Crippen molar-refractivity contribution in [1.29, 1.82) is 0 Å². The smallest absolute Gasteiger partial charge is 0.407 e. The second-order valence-corrected chi connectivity index (χ2v) is 7.20. The SMILES string of the molecule is COc1cc(CCNC(=O)OCC2(c3ccc(Cl)cc3)CC2)cc(OC)c1. The molecule has 1 N–H and O–H groups in total. The van der Waals surface area contributed by atoms with Gasteiger partial charge >= 0.3 is 6.09 Å². The minimum Gasteiger partial charge on any atom is -0.497 e. The number of carbonyl (C=O) groups is 1. The third kappa shape index (κ3) is 5.07. The van der Waals surface area contributed by atoms with Crippen molar-refractivity contribution in [3.63, 3.8) is 0 Å². The monoisotopic (exact) mass is 389 g/mol. The zero-order valence-corrected chi connectivity index (χ0v) is 16.3. The lowest BCUT2D eigenvalue weighted by molar-refractivity contribution is 0.135. The Labute approximate surface area is 164 Å². The Morgan fingerprint density at radius 2 is 1.70 bits per heavy atom. The van der Waals surface area contributed by atoms with Gasteiger partial charge in [-0.2, -0.15) is 0 Å². The van der Waals surface area contributed by atoms with Crippen molar-refractivity contribution >= 4 is 17.7 Å². The highest BCUT2D eigenvalue weighted by Crippen LogP contribution is 2.48. The van der Waals surface area contributed by atoms with Crippen LogP contribution in [0.25, 0.3) is 0 Å². The normalized spacial score (nSPS) is 14.3. The second-order valence-electron chi connectivity index (χ2n) is 6.76. The number of amides is 1. The fourth-order valence-corrected chi connectivity index (χ4v) is 3.17. The maximum absolute atomic E-state index is 12.0. The molecule has 3 rings (SSSR count). The predicted octanol–water partition coefficient (Wildman–Crippen LogP) is 4.36. The third-order valence-corrected chi connectivity index (χ3v) is 5.14. The minimum atomic E-state index is -0.398. The van der Waals surface area contributed by atoms with Gasteiger partial charge in [0, 0.05) is 23.0 Å². The van der Waals surface area contributed by atoms with Gasteiger partial charge in [-0.15, -0.1) is 0 Å². The summed E-state index contributed by atoms with van der Waals surface area (Å²) in [6.07, 6.45) is 2.30. The number of alkyl carbamates (subject to hydrolysis) is 1. The van der Waals surface area contributed by atoms with Crippen LogP contribution in [0.15, 0.2) is 42.5 Å². The van der Waals surface area contributed by atoms with Gasteiger partial charge < -0.3 is 19.5 Å². The number of halogens is 1. The lowest BCUT2D eigenvalue weighted by Crippen LogP contribution is -2.29. The molecule has 0 radical (unpaired) electrons. The summed E-state index contributed by atoms with van der Waals surface area (Å²) in [4.78, 5) is 12.0. The summed E-state index contributed by atoms with van der Waals surface area (Å²) in [6.45, 7) is 0.858. The Bertz CT molecular complexity index is 765. The molecule has 5 nitrogen and oxygen atoms in total. The first kappa shape index (κ1) is 19.4. The zero-order valence-electron chi connectivity index (χ0n) is 15.6. The molecule has 0 unspecified atom stereocenters. The topological polar surface area (TPSA) is 56.8 Å². The molecule has 1 saturated carbocycles. The van der Waals surface area contributed by atoms with Gasteiger partial charge in [-0.1, -0.05) is 23.7 Å². The van der Waals surface area contributed by atoms with E-state index < -0.39 is 6.09 Å². The van der Waals surface area contributed by atoms with Crippen LogP contribution in [-0.2, 0) is 16.6 Å². The van der Waals surface area contributed by atoms with Crippen molar-refractivity contribution in [1.82, 2.24) is 5.32 Å². The maximum Gasteiger partial charge on any atom is 0.407 e. The Morgan fingerprint density at radius 1 is 1.07 bits per heavy atom. The Kier molecular flexibility index (Phi) is 6.11. The highest BCUT2D eigenvalue weighted by Gasteiger charge is 2.45. The average Bonchev–Trinajstić information content (AvgIpc) is 3.47. The Hall–Kier alpha value is -2.40. The van der Waals surface area contributed by atoms with E-state index in [1.165, 1.54) is 5.56 Å². The fraction of sp³-hybridized carbons (Fsp3) is 0.381. The standard InChI is InChI=1S/C21H24ClNO4/c1-25-18-11-15(12-19(13-18)26-2)7-10-23-20(24)27-14-21(8-9-21)16-3-5-17(22)6-4-16/h3-6,11-13H,7-10,14H2,1-2H3,(H,23,24). The van der Waals surface area contributed by atoms with Gasteiger partial charge in [-0.3, -0.25) is 0 Å². The third-order valence-electron chi connectivity index (χ3n) is 4.88. The van der Waals surface area contributed by atoms with Crippen LogP contribution in [-0.4, -0.2) is 33.5 Å². The van der Waals surface area contributed by atoms with E-state index in [-0.39, 0.29) is 5.41 Å². The summed E-state index contributed by atoms with van der Waals surface area (Å²) in [5, 5.41) is 3.51. The molecule has 27 heavy (non-hydrogen) atoms. The van der Waals surface area contributed by atoms with Crippen LogP contribution >= 0.6 is 11.6 Å². The molecule has 144 valence electrons. The highest BCUT2D eigenvalue weighted by molar-refractivity contribution is 6.30. The molecule has 0 saturated heterocycles. The molecule has 1 aliphatic rings. The summed E-state index contributed by atoms with van der Waals surface area (Å²) >= 11 is 5.94. The number of carbonyl (C=O) groups excluding carboxylic acids is 1. The molecule has 0 aliphatic heterocycles. The van der Waals surface area contributed by atoms with E-state index in [2.05, 4.69) is 5.32 Å². The summed E-state index contributed by atoms with van der Waals surface area (Å²) in [6, 6.07) is 13.4. The average molecular weight is 390 g/mol. The number of benzene rings is 2. The van der Waals surface area contributed by atoms with E-state index in [1.807, 2.05) is 42.5 Å². The van der Waals surface area contributed by atoms with Gasteiger partial charge in [0.15, 0.2) is 0 Å². The molecule has 1 amide bonds. The van der Waals surface area contributed by atoms with E-state index in [1.54, 1.807) is 14.2 Å². The molecule has 0 aromatic heterocycles. The van der Waals surface area contributed by atoms with Gasteiger partial charge in [-0.25, -0.2) is 4.79 Å². The maximum atomic E-state index is 12.0. The number of ether oxygens (including phenoxy) is 3. The highest BCUT2D eigenvalue weighted by atomic mass is 35.5. The predicted molar refractivity (Wildman–Crippen MR) is 105 cm³/mol. The molecule has 2 aromatic carbocycles. The molecule has 0 spiro atoms. The largest absolute Gasteiger partial charge is 0.497 e. The summed E-state index contributed by atoms with van der Waals surface area (Å²) in [5.41, 5.74) is 2.14. The van der Waals surface area contributed by atoms with E-state index in [0.29, 0.717) is 24.6 Å². The van der Waals surface area contributed by atoms with Gasteiger partial charge in [0.2, 0.25) is 0 Å². The van der Waals surface area contributed by atoms with Crippen molar-refractivity contribution in [3.8, 4) is 11.5 Å². The van der Waals surface area contributed by atoms with E-state index in [9.17, 15) is 4.79 Å². The Balaban J connectivity index is 1.46. The Morgan fingerprint density at radius 3 is 2.26 bits per heavy atom. The van der Waals surface area contributed by atoms with Crippen LogP contribution in [0.4, 0.5) is 4.79 Å². The van der Waals surface area contributed by atoms with Gasteiger partial charge in [0.1, 0.15) is 18.1 Å². The van der Waals surface area contributed by atoms with E-state index >= 15 is 0 Å². The van der Waals surface area contributed by atoms with Crippen LogP contribution in [0.1, 0.15) is 24.0 Å². The lowest BCUT2D eigenvalue weighted by atomic mass is 9.97. The molecule has 2 aromatic rings. The van der Waals surface area contributed by atoms with Crippen LogP contribution < -0.4 is 14.8 Å². The van der Waals surface area contributed by atoms with Crippen LogP contribution in [0.2, 0.25) is 5.02 Å². The van der Waals surface area contributed by atoms with Crippen molar-refractivity contribution in [2.75, 3.05) is 27.4 Å². The van der Waals surface area contributed by atoms with Gasteiger partial charge in [0.05, 0.1) is 14.2 Å². The second kappa shape index (κ2) is 8.53. The number of hydrogen-bond donors (Lipinski definition) is 1. The molecule has 0 atom stereocenters. The molecule has 1 aliphatic carbocycles. The summed E-state index contributed by atoms with van der Waals surface area (Å²) < 4.78 is 16.0. The quantitative estimate of drug-likeness (QED) is 0.728. The van der Waals surface area contributed by atoms with Crippen LogP contribution in [0.5, 0.6) is 11.5 Å². The molecular weight excluding hydrogens is 366 g/mol. The first-order chi connectivity index (χ1) is 13.0.